The topological polar surface area (TPSA) is 63.2 Å². The Labute approximate surface area is 114 Å². The molecule has 0 aliphatic carbocycles. The highest BCUT2D eigenvalue weighted by atomic mass is 16.5. The zero-order valence-electron chi connectivity index (χ0n) is 12.3. The number of pyridine rings is 1. The van der Waals surface area contributed by atoms with Crippen LogP contribution in [0.3, 0.4) is 0 Å². The molecule has 1 rings (SSSR count). The van der Waals surface area contributed by atoms with Crippen LogP contribution in [-0.4, -0.2) is 31.6 Å². The molecule has 106 valence electrons. The van der Waals surface area contributed by atoms with Crippen molar-refractivity contribution in [3.63, 3.8) is 0 Å². The molecule has 0 aliphatic heterocycles. The van der Waals surface area contributed by atoms with Gasteiger partial charge in [-0.1, -0.05) is 0 Å². The predicted molar refractivity (Wildman–Crippen MR) is 75.1 cm³/mol. The molecule has 0 saturated heterocycles. The molecule has 1 amide bonds. The van der Waals surface area contributed by atoms with Gasteiger partial charge < -0.3 is 15.4 Å². The lowest BCUT2D eigenvalue weighted by Gasteiger charge is -2.22. The van der Waals surface area contributed by atoms with Gasteiger partial charge in [-0.3, -0.25) is 9.78 Å². The Morgan fingerprint density at radius 2 is 2.11 bits per heavy atom. The van der Waals surface area contributed by atoms with Crippen molar-refractivity contribution in [1.29, 1.82) is 0 Å². The molecule has 2 N–H and O–H groups in total. The van der Waals surface area contributed by atoms with Crippen LogP contribution < -0.4 is 15.4 Å². The molecule has 5 nitrogen and oxygen atoms in total. The maximum Gasteiger partial charge on any atom is 0.226 e. The van der Waals surface area contributed by atoms with E-state index in [2.05, 4.69) is 15.6 Å². The lowest BCUT2D eigenvalue weighted by atomic mass is 9.92. The maximum atomic E-state index is 11.6. The Bertz CT molecular complexity index is 444. The van der Waals surface area contributed by atoms with E-state index >= 15 is 0 Å². The van der Waals surface area contributed by atoms with E-state index in [1.807, 2.05) is 32.9 Å². The molecule has 0 unspecified atom stereocenters. The molecule has 1 heterocycles. The number of amides is 1. The van der Waals surface area contributed by atoms with E-state index in [-0.39, 0.29) is 5.91 Å². The van der Waals surface area contributed by atoms with E-state index in [0.29, 0.717) is 13.1 Å². The van der Waals surface area contributed by atoms with Crippen molar-refractivity contribution in [3.8, 4) is 5.75 Å². The minimum atomic E-state index is -0.442. The van der Waals surface area contributed by atoms with Gasteiger partial charge in [0.2, 0.25) is 5.91 Å². The van der Waals surface area contributed by atoms with Crippen LogP contribution in [0.1, 0.15) is 25.2 Å². The van der Waals surface area contributed by atoms with Gasteiger partial charge in [0.1, 0.15) is 5.75 Å². The summed E-state index contributed by atoms with van der Waals surface area (Å²) < 4.78 is 5.21. The summed E-state index contributed by atoms with van der Waals surface area (Å²) in [5, 5.41) is 5.92. The molecular weight excluding hydrogens is 242 g/mol. The Hall–Kier alpha value is -1.62. The van der Waals surface area contributed by atoms with Crippen LogP contribution in [0.15, 0.2) is 12.1 Å². The molecule has 0 spiro atoms. The van der Waals surface area contributed by atoms with Gasteiger partial charge in [-0.05, 0) is 20.8 Å². The number of nitrogens with zero attached hydrogens (tertiary/aromatic N) is 1. The number of aromatic nitrogens is 1. The fourth-order valence-electron chi connectivity index (χ4n) is 1.83. The molecule has 0 aliphatic rings. The van der Waals surface area contributed by atoms with Gasteiger partial charge in [0.25, 0.3) is 0 Å². The normalized spacial score (nSPS) is 11.2. The van der Waals surface area contributed by atoms with Crippen LogP contribution in [0.4, 0.5) is 0 Å². The van der Waals surface area contributed by atoms with Crippen molar-refractivity contribution in [2.45, 2.75) is 27.3 Å². The molecule has 19 heavy (non-hydrogen) atoms. The van der Waals surface area contributed by atoms with Crippen molar-refractivity contribution >= 4 is 5.91 Å². The monoisotopic (exact) mass is 265 g/mol. The van der Waals surface area contributed by atoms with Crippen LogP contribution in [0.5, 0.6) is 5.75 Å². The van der Waals surface area contributed by atoms with Gasteiger partial charge in [-0.15, -0.1) is 0 Å². The smallest absolute Gasteiger partial charge is 0.226 e. The number of nitrogens with one attached hydrogen (secondary N) is 2. The molecular formula is C14H23N3O2. The van der Waals surface area contributed by atoms with Gasteiger partial charge >= 0.3 is 0 Å². The summed E-state index contributed by atoms with van der Waals surface area (Å²) in [5.41, 5.74) is 1.38. The van der Waals surface area contributed by atoms with E-state index in [9.17, 15) is 4.79 Å². The van der Waals surface area contributed by atoms with Gasteiger partial charge in [-0.25, -0.2) is 0 Å². The fraction of sp³-hybridized carbons (Fsp3) is 0.571. The quantitative estimate of drug-likeness (QED) is 0.813. The minimum Gasteiger partial charge on any atom is -0.497 e. The minimum absolute atomic E-state index is 0.0229. The van der Waals surface area contributed by atoms with Crippen LogP contribution in [0, 0.1) is 12.3 Å². The third-order valence-corrected chi connectivity index (χ3v) is 2.93. The van der Waals surface area contributed by atoms with E-state index < -0.39 is 5.41 Å². The third-order valence-electron chi connectivity index (χ3n) is 2.93. The highest BCUT2D eigenvalue weighted by Crippen LogP contribution is 2.15. The number of carbonyl (C=O) groups excluding carboxylic acids is 1. The molecule has 1 aromatic rings. The number of hydrogen-bond acceptors (Lipinski definition) is 4. The summed E-state index contributed by atoms with van der Waals surface area (Å²) in [4.78, 5) is 16.1. The maximum absolute atomic E-state index is 11.6. The van der Waals surface area contributed by atoms with Gasteiger partial charge in [0, 0.05) is 38.0 Å². The lowest BCUT2D eigenvalue weighted by Crippen LogP contribution is -2.41. The molecule has 0 aromatic carbocycles. The van der Waals surface area contributed by atoms with E-state index in [1.54, 1.807) is 14.2 Å². The summed E-state index contributed by atoms with van der Waals surface area (Å²) >= 11 is 0. The fourth-order valence-corrected chi connectivity index (χ4v) is 1.83. The van der Waals surface area contributed by atoms with Crippen molar-refractivity contribution in [2.24, 2.45) is 5.41 Å². The first-order valence-corrected chi connectivity index (χ1v) is 6.33. The highest BCUT2D eigenvalue weighted by molar-refractivity contribution is 5.81. The number of hydrogen-bond donors (Lipinski definition) is 2. The van der Waals surface area contributed by atoms with Crippen LogP contribution >= 0.6 is 0 Å². The Balaban J connectivity index is 2.58. The van der Waals surface area contributed by atoms with Gasteiger partial charge in [0.05, 0.1) is 18.2 Å². The number of rotatable bonds is 6. The number of ether oxygens (including phenoxy) is 1. The third kappa shape index (κ3) is 4.52. The van der Waals surface area contributed by atoms with Crippen molar-refractivity contribution in [3.05, 3.63) is 23.5 Å². The molecule has 0 atom stereocenters. The number of methoxy groups -OCH3 is 1. The zero-order valence-corrected chi connectivity index (χ0v) is 12.3. The largest absolute Gasteiger partial charge is 0.497 e. The number of carbonyl (C=O) groups is 1. The first kappa shape index (κ1) is 15.4. The standard InChI is InChI=1S/C14H23N3O2/c1-10-6-12(19-5)7-11(17-10)8-16-9-14(2,3)13(18)15-4/h6-7,16H,8-9H2,1-5H3,(H,15,18). The Kier molecular flexibility index (Phi) is 5.30. The van der Waals surface area contributed by atoms with Crippen molar-refractivity contribution < 1.29 is 9.53 Å². The van der Waals surface area contributed by atoms with E-state index in [0.717, 1.165) is 17.1 Å². The molecule has 0 radical (unpaired) electrons. The second-order valence-corrected chi connectivity index (χ2v) is 5.21. The van der Waals surface area contributed by atoms with E-state index in [4.69, 9.17) is 4.74 Å². The second kappa shape index (κ2) is 6.52. The molecule has 1 aromatic heterocycles. The first-order chi connectivity index (χ1) is 8.89. The average molecular weight is 265 g/mol. The summed E-state index contributed by atoms with van der Waals surface area (Å²) in [5.74, 6) is 0.824. The average Bonchev–Trinajstić information content (AvgIpc) is 2.36. The van der Waals surface area contributed by atoms with Gasteiger partial charge in [-0.2, -0.15) is 0 Å². The number of aryl methyl sites for hydroxylation is 1. The van der Waals surface area contributed by atoms with Crippen LogP contribution in [0.25, 0.3) is 0 Å². The van der Waals surface area contributed by atoms with Crippen molar-refractivity contribution in [2.75, 3.05) is 20.7 Å². The summed E-state index contributed by atoms with van der Waals surface area (Å²) in [7, 11) is 3.29. The van der Waals surface area contributed by atoms with Crippen LogP contribution in [0.2, 0.25) is 0 Å². The summed E-state index contributed by atoms with van der Waals surface area (Å²) in [6.45, 7) is 6.94. The molecule has 0 saturated carbocycles. The van der Waals surface area contributed by atoms with Crippen molar-refractivity contribution in [1.82, 2.24) is 15.6 Å². The molecule has 5 heteroatoms. The molecule has 0 fully saturated rings. The lowest BCUT2D eigenvalue weighted by molar-refractivity contribution is -0.128. The van der Waals surface area contributed by atoms with E-state index in [1.165, 1.54) is 0 Å². The highest BCUT2D eigenvalue weighted by Gasteiger charge is 2.25. The summed E-state index contributed by atoms with van der Waals surface area (Å²) in [6, 6.07) is 3.78. The van der Waals surface area contributed by atoms with Crippen LogP contribution in [-0.2, 0) is 11.3 Å². The summed E-state index contributed by atoms with van der Waals surface area (Å²) in [6.07, 6.45) is 0. The van der Waals surface area contributed by atoms with Gasteiger partial charge in [0.15, 0.2) is 0 Å². The molecule has 0 bridgehead atoms. The zero-order chi connectivity index (χ0) is 14.5. The Morgan fingerprint density at radius 3 is 2.68 bits per heavy atom. The predicted octanol–water partition coefficient (Wildman–Crippen LogP) is 1.26. The Morgan fingerprint density at radius 1 is 1.42 bits per heavy atom. The first-order valence-electron chi connectivity index (χ1n) is 6.33. The SMILES string of the molecule is CNC(=O)C(C)(C)CNCc1cc(OC)cc(C)n1. The second-order valence-electron chi connectivity index (χ2n) is 5.21.